The van der Waals surface area contributed by atoms with Crippen LogP contribution in [0.15, 0.2) is 91.0 Å². The number of ether oxygens (including phenoxy) is 6. The molecule has 1 radical (unpaired) electrons. The van der Waals surface area contributed by atoms with Crippen LogP contribution in [0, 0.1) is 11.8 Å². The number of aliphatic hydroxyl groups excluding tert-OH is 1. The molecule has 0 saturated carbocycles. The van der Waals surface area contributed by atoms with E-state index >= 15 is 0 Å². The average molecular weight is 659 g/mol. The first-order valence-corrected chi connectivity index (χ1v) is 17.7. The van der Waals surface area contributed by atoms with Crippen LogP contribution in [0.3, 0.4) is 0 Å². The van der Waals surface area contributed by atoms with Crippen LogP contribution < -0.4 is 0 Å². The van der Waals surface area contributed by atoms with Gasteiger partial charge >= 0.3 is 240 Å². The van der Waals surface area contributed by atoms with E-state index in [1.807, 2.05) is 85.8 Å². The third kappa shape index (κ3) is 10.1. The van der Waals surface area contributed by atoms with Gasteiger partial charge in [0.05, 0.1) is 6.61 Å². The predicted octanol–water partition coefficient (Wildman–Crippen LogP) is 5.17. The van der Waals surface area contributed by atoms with Gasteiger partial charge in [0.1, 0.15) is 0 Å². The summed E-state index contributed by atoms with van der Waals surface area (Å²) in [5.74, 6) is 0.264. The molecule has 3 aromatic carbocycles. The summed E-state index contributed by atoms with van der Waals surface area (Å²) < 4.78 is 49.9. The van der Waals surface area contributed by atoms with Crippen LogP contribution in [0.5, 0.6) is 0 Å². The molecule has 249 valence electrons. The van der Waals surface area contributed by atoms with E-state index in [1.54, 1.807) is 6.89 Å². The Balaban J connectivity index is 1.29. The number of hydrogen-bond acceptors (Lipinski definition) is 8. The van der Waals surface area contributed by atoms with Crippen molar-refractivity contribution in [1.82, 2.24) is 0 Å². The predicted molar refractivity (Wildman–Crippen MR) is 184 cm³/mol. The van der Waals surface area contributed by atoms with Gasteiger partial charge < -0.3 is 0 Å². The fourth-order valence-corrected chi connectivity index (χ4v) is 7.48. The van der Waals surface area contributed by atoms with Crippen LogP contribution in [0.1, 0.15) is 37.5 Å². The van der Waals surface area contributed by atoms with Crippen molar-refractivity contribution in [2.24, 2.45) is 11.8 Å². The van der Waals surface area contributed by atoms with Crippen LogP contribution in [0.4, 0.5) is 0 Å². The van der Waals surface area contributed by atoms with Gasteiger partial charge in [-0.3, -0.25) is 0 Å². The van der Waals surface area contributed by atoms with E-state index in [4.69, 9.17) is 28.4 Å². The summed E-state index contributed by atoms with van der Waals surface area (Å²) in [5.41, 5.74) is 2.71. The van der Waals surface area contributed by atoms with Gasteiger partial charge in [0.25, 0.3) is 0 Å². The summed E-state index contributed by atoms with van der Waals surface area (Å²) in [7, 11) is 0.777. The number of aliphatic hydroxyl groups is 1. The molecule has 0 amide bonds. The molecule has 5 unspecified atom stereocenters. The van der Waals surface area contributed by atoms with E-state index in [0.29, 0.717) is 26.4 Å². The summed E-state index contributed by atoms with van der Waals surface area (Å²) in [4.78, 5) is 0. The topological polar surface area (TPSA) is 92.7 Å². The van der Waals surface area contributed by atoms with Crippen molar-refractivity contribution in [3.05, 3.63) is 108 Å². The third-order valence-corrected chi connectivity index (χ3v) is 10.6. The number of hydrogen-bond donors (Lipinski definition) is 1. The molecule has 11 atom stereocenters. The fraction of sp³-hybridized carbons (Fsp3) is 0.500. The van der Waals surface area contributed by atoms with Crippen molar-refractivity contribution >= 4 is 22.4 Å². The van der Waals surface area contributed by atoms with Gasteiger partial charge in [0, 0.05) is 0 Å². The van der Waals surface area contributed by atoms with Gasteiger partial charge in [-0.15, -0.1) is 0 Å². The normalized spacial score (nSPS) is 31.1. The van der Waals surface area contributed by atoms with Crippen LogP contribution in [-0.4, -0.2) is 80.8 Å². The molecule has 2 heterocycles. The van der Waals surface area contributed by atoms with Gasteiger partial charge in [-0.25, -0.2) is 0 Å². The molecule has 0 aromatic heterocycles. The Morgan fingerprint density at radius 2 is 1.23 bits per heavy atom. The van der Waals surface area contributed by atoms with Gasteiger partial charge in [-0.1, -0.05) is 30.3 Å². The van der Waals surface area contributed by atoms with Crippen LogP contribution in [0.25, 0.3) is 0 Å². The van der Waals surface area contributed by atoms with E-state index in [2.05, 4.69) is 26.0 Å². The second-order valence-electron chi connectivity index (χ2n) is 12.5. The van der Waals surface area contributed by atoms with E-state index in [1.165, 1.54) is 0 Å². The molecule has 0 aliphatic carbocycles. The summed E-state index contributed by atoms with van der Waals surface area (Å²) in [6.45, 7) is 9.78. The standard InChI is InChI=1S/C36H46B2O8P/c1-24-25(2)33(26(3)44-30(24)22-41-19-27-13-7-4-8-14-27)46-36-34(43-21-29-17-11-6-12-18-29)35(47-38-37-40)32(39)31(45-36)23-42-20-28-15-9-5-10-16-28/h4-18,24-26,30-36,39,47H,19-23H2,1-3H3/t24-,25-,26+,30?,31?,32+,33?,34?,35-,36+/m0/s1. The van der Waals surface area contributed by atoms with Crippen molar-refractivity contribution in [3.63, 3.8) is 0 Å². The molecule has 8 nitrogen and oxygen atoms in total. The number of benzene rings is 3. The molecule has 47 heavy (non-hydrogen) atoms. The molecular formula is C36H46B2O8P. The second kappa shape index (κ2) is 18.5. The second-order valence-corrected chi connectivity index (χ2v) is 13.8. The van der Waals surface area contributed by atoms with Crippen molar-refractivity contribution < 1.29 is 38.2 Å². The first-order valence-electron chi connectivity index (χ1n) is 16.5. The van der Waals surface area contributed by atoms with Crippen molar-refractivity contribution in [2.45, 2.75) is 89.2 Å². The van der Waals surface area contributed by atoms with Crippen molar-refractivity contribution in [1.29, 1.82) is 0 Å². The molecule has 3 aromatic rings. The van der Waals surface area contributed by atoms with Crippen molar-refractivity contribution in [2.75, 3.05) is 13.2 Å². The van der Waals surface area contributed by atoms with Crippen LogP contribution >= 0.6 is 8.46 Å². The minimum atomic E-state index is -0.927. The summed E-state index contributed by atoms with van der Waals surface area (Å²) in [5, 5.41) is 11.6. The van der Waals surface area contributed by atoms with E-state index < -0.39 is 30.3 Å². The number of rotatable bonds is 16. The Morgan fingerprint density at radius 3 is 1.79 bits per heavy atom. The fourth-order valence-electron chi connectivity index (χ4n) is 6.32. The zero-order valence-corrected chi connectivity index (χ0v) is 28.4. The van der Waals surface area contributed by atoms with E-state index in [-0.39, 0.29) is 45.2 Å². The molecule has 11 heteroatoms. The monoisotopic (exact) mass is 659 g/mol. The Bertz CT molecular complexity index is 1330. The maximum atomic E-state index is 11.6. The Kier molecular flexibility index (Phi) is 14.2. The molecule has 0 bridgehead atoms. The third-order valence-electron chi connectivity index (χ3n) is 9.19. The Labute approximate surface area is 282 Å². The Morgan fingerprint density at radius 1 is 0.702 bits per heavy atom. The maximum absolute atomic E-state index is 11.6. The molecule has 2 aliphatic rings. The summed E-state index contributed by atoms with van der Waals surface area (Å²) in [6, 6.07) is 29.9. The van der Waals surface area contributed by atoms with Crippen LogP contribution in [-0.2, 0) is 52.9 Å². The quantitative estimate of drug-likeness (QED) is 0.167. The first kappa shape index (κ1) is 36.0. The minimum absolute atomic E-state index is 0.00657. The van der Waals surface area contributed by atoms with Crippen molar-refractivity contribution in [3.8, 4) is 0 Å². The molecule has 2 saturated heterocycles. The first-order chi connectivity index (χ1) is 22.9. The summed E-state index contributed by atoms with van der Waals surface area (Å²) >= 11 is 0. The summed E-state index contributed by atoms with van der Waals surface area (Å²) in [6.07, 6.45) is -3.69. The zero-order chi connectivity index (χ0) is 33.0. The van der Waals surface area contributed by atoms with Gasteiger partial charge in [0.2, 0.25) is 0 Å². The molecule has 0 spiro atoms. The zero-order valence-electron chi connectivity index (χ0n) is 27.4. The molecule has 2 aliphatic heterocycles. The SMILES string of the molecule is C[C@@H]1C(COCc2ccccc2)O[C@H](C)C(O[C@H]2OC(COCc3ccccc3)[C@@H](O)[C@H](P[B]B=O)C2OCc2ccccc2)[C@H]1C. The molecule has 5 rings (SSSR count). The van der Waals surface area contributed by atoms with E-state index in [9.17, 15) is 9.81 Å². The molecule has 2 fully saturated rings. The van der Waals surface area contributed by atoms with Crippen LogP contribution in [0.2, 0.25) is 0 Å². The molecular weight excluding hydrogens is 613 g/mol. The Hall–Kier alpha value is -2.26. The molecule has 1 N–H and O–H groups in total. The van der Waals surface area contributed by atoms with E-state index in [0.717, 1.165) is 23.7 Å². The van der Waals surface area contributed by atoms with Gasteiger partial charge in [-0.2, -0.15) is 0 Å². The van der Waals surface area contributed by atoms with Gasteiger partial charge in [-0.05, 0) is 5.56 Å². The average Bonchev–Trinajstić information content (AvgIpc) is 3.10. The van der Waals surface area contributed by atoms with Gasteiger partial charge in [0.15, 0.2) is 0 Å².